The Morgan fingerprint density at radius 3 is 2.60 bits per heavy atom. The predicted octanol–water partition coefficient (Wildman–Crippen LogP) is 3.25. The number of nitrogens with zero attached hydrogens (tertiary/aromatic N) is 1. The Labute approximate surface area is 136 Å². The molecule has 0 aliphatic heterocycles. The van der Waals surface area contributed by atoms with Crippen molar-refractivity contribution < 1.29 is 4.79 Å². The number of hydrogen-bond acceptors (Lipinski definition) is 2. The van der Waals surface area contributed by atoms with Gasteiger partial charge in [-0.3, -0.25) is 4.79 Å². The molecule has 0 heterocycles. The smallest absolute Gasteiger partial charge is 0.222 e. The minimum atomic E-state index is -0.0276. The first-order valence-corrected chi connectivity index (χ1v) is 7.32. The van der Waals surface area contributed by atoms with Crippen molar-refractivity contribution >= 4 is 34.2 Å². The summed E-state index contributed by atoms with van der Waals surface area (Å²) in [4.78, 5) is 13.9. The fraction of sp³-hybridized carbons (Fsp3) is 0.533. The summed E-state index contributed by atoms with van der Waals surface area (Å²) < 4.78 is 1.05. The van der Waals surface area contributed by atoms with Crippen molar-refractivity contribution in [2.75, 3.05) is 20.1 Å². The second-order valence-corrected chi connectivity index (χ2v) is 6.66. The van der Waals surface area contributed by atoms with Gasteiger partial charge in [-0.25, -0.2) is 0 Å². The number of amides is 1. The SMILES string of the molecule is CN(CC(C)(C)CN)C(=O)CCc1cccc(Br)c1.Cl. The van der Waals surface area contributed by atoms with E-state index in [0.29, 0.717) is 19.5 Å². The third-order valence-electron chi connectivity index (χ3n) is 3.16. The highest BCUT2D eigenvalue weighted by molar-refractivity contribution is 9.10. The molecule has 1 rings (SSSR count). The van der Waals surface area contributed by atoms with Crippen molar-refractivity contribution in [3.63, 3.8) is 0 Å². The Morgan fingerprint density at radius 1 is 1.40 bits per heavy atom. The first kappa shape index (κ1) is 19.4. The minimum Gasteiger partial charge on any atom is -0.345 e. The Kier molecular flexibility index (Phi) is 8.40. The maximum atomic E-state index is 12.1. The molecule has 0 bridgehead atoms. The van der Waals surface area contributed by atoms with Gasteiger partial charge in [-0.05, 0) is 36.1 Å². The molecule has 0 atom stereocenters. The molecule has 0 saturated heterocycles. The Hall–Kier alpha value is -0.580. The van der Waals surface area contributed by atoms with E-state index in [1.165, 1.54) is 5.56 Å². The number of hydrogen-bond donors (Lipinski definition) is 1. The van der Waals surface area contributed by atoms with Crippen LogP contribution in [0.1, 0.15) is 25.8 Å². The van der Waals surface area contributed by atoms with Gasteiger partial charge in [0.1, 0.15) is 0 Å². The summed E-state index contributed by atoms with van der Waals surface area (Å²) in [6, 6.07) is 8.07. The van der Waals surface area contributed by atoms with Crippen molar-refractivity contribution in [2.45, 2.75) is 26.7 Å². The van der Waals surface area contributed by atoms with Crippen LogP contribution in [0.2, 0.25) is 0 Å². The Bertz CT molecular complexity index is 438. The van der Waals surface area contributed by atoms with Crippen molar-refractivity contribution in [3.8, 4) is 0 Å². The van der Waals surface area contributed by atoms with Gasteiger partial charge in [0, 0.05) is 24.5 Å². The van der Waals surface area contributed by atoms with Crippen molar-refractivity contribution in [3.05, 3.63) is 34.3 Å². The number of carbonyl (C=O) groups is 1. The summed E-state index contributed by atoms with van der Waals surface area (Å²) in [6.45, 7) is 5.42. The molecule has 2 N–H and O–H groups in total. The lowest BCUT2D eigenvalue weighted by molar-refractivity contribution is -0.131. The van der Waals surface area contributed by atoms with Gasteiger partial charge in [-0.1, -0.05) is 41.9 Å². The molecule has 0 radical (unpaired) electrons. The number of rotatable bonds is 6. The van der Waals surface area contributed by atoms with Gasteiger partial charge in [0.25, 0.3) is 0 Å². The highest BCUT2D eigenvalue weighted by Crippen LogP contribution is 2.16. The maximum absolute atomic E-state index is 12.1. The zero-order valence-corrected chi connectivity index (χ0v) is 14.8. The van der Waals surface area contributed by atoms with E-state index in [9.17, 15) is 4.79 Å². The molecule has 0 spiro atoms. The quantitative estimate of drug-likeness (QED) is 0.843. The van der Waals surface area contributed by atoms with Gasteiger partial charge in [-0.15, -0.1) is 12.4 Å². The average Bonchev–Trinajstić information content (AvgIpc) is 2.35. The minimum absolute atomic E-state index is 0. The van der Waals surface area contributed by atoms with E-state index in [4.69, 9.17) is 5.73 Å². The summed E-state index contributed by atoms with van der Waals surface area (Å²) in [5, 5.41) is 0. The van der Waals surface area contributed by atoms with E-state index in [1.54, 1.807) is 4.90 Å². The van der Waals surface area contributed by atoms with Crippen LogP contribution in [-0.4, -0.2) is 30.9 Å². The van der Waals surface area contributed by atoms with Crippen LogP contribution in [0.5, 0.6) is 0 Å². The van der Waals surface area contributed by atoms with E-state index in [0.717, 1.165) is 10.9 Å². The van der Waals surface area contributed by atoms with Crippen LogP contribution < -0.4 is 5.73 Å². The van der Waals surface area contributed by atoms with E-state index in [2.05, 4.69) is 35.8 Å². The lowest BCUT2D eigenvalue weighted by Crippen LogP contribution is -2.39. The van der Waals surface area contributed by atoms with E-state index in [-0.39, 0.29) is 23.7 Å². The standard InChI is InChI=1S/C15H23BrN2O.ClH/c1-15(2,10-17)11-18(3)14(19)8-7-12-5-4-6-13(16)9-12;/h4-6,9H,7-8,10-11,17H2,1-3H3;1H. The molecule has 1 amide bonds. The van der Waals surface area contributed by atoms with Gasteiger partial charge in [0.15, 0.2) is 0 Å². The molecule has 0 saturated carbocycles. The highest BCUT2D eigenvalue weighted by atomic mass is 79.9. The second kappa shape index (κ2) is 8.65. The molecule has 1 aromatic rings. The monoisotopic (exact) mass is 362 g/mol. The predicted molar refractivity (Wildman–Crippen MR) is 90.2 cm³/mol. The largest absolute Gasteiger partial charge is 0.345 e. The zero-order chi connectivity index (χ0) is 14.5. The van der Waals surface area contributed by atoms with E-state index < -0.39 is 0 Å². The summed E-state index contributed by atoms with van der Waals surface area (Å²) in [5.41, 5.74) is 6.84. The van der Waals surface area contributed by atoms with Crippen molar-refractivity contribution in [1.82, 2.24) is 4.90 Å². The molecule has 20 heavy (non-hydrogen) atoms. The normalized spacial score (nSPS) is 10.8. The number of nitrogens with two attached hydrogens (primary N) is 1. The molecule has 1 aromatic carbocycles. The Morgan fingerprint density at radius 2 is 2.05 bits per heavy atom. The Balaban J connectivity index is 0.00000361. The van der Waals surface area contributed by atoms with Crippen LogP contribution in [0.25, 0.3) is 0 Å². The third kappa shape index (κ3) is 6.73. The van der Waals surface area contributed by atoms with Crippen molar-refractivity contribution in [1.29, 1.82) is 0 Å². The summed E-state index contributed by atoms with van der Waals surface area (Å²) >= 11 is 3.44. The number of halogens is 2. The number of carbonyl (C=O) groups excluding carboxylic acids is 1. The molecule has 0 aliphatic rings. The number of aryl methyl sites for hydroxylation is 1. The van der Waals surface area contributed by atoms with Gasteiger partial charge in [0.2, 0.25) is 5.91 Å². The van der Waals surface area contributed by atoms with E-state index in [1.807, 2.05) is 25.2 Å². The summed E-state index contributed by atoms with van der Waals surface area (Å²) in [7, 11) is 1.85. The van der Waals surface area contributed by atoms with E-state index >= 15 is 0 Å². The molecular formula is C15H24BrClN2O. The molecule has 3 nitrogen and oxygen atoms in total. The first-order valence-electron chi connectivity index (χ1n) is 6.52. The molecule has 0 fully saturated rings. The molecule has 0 aromatic heterocycles. The van der Waals surface area contributed by atoms with Crippen LogP contribution in [0.15, 0.2) is 28.7 Å². The topological polar surface area (TPSA) is 46.3 Å². The van der Waals surface area contributed by atoms with Gasteiger partial charge >= 0.3 is 0 Å². The second-order valence-electron chi connectivity index (χ2n) is 5.75. The maximum Gasteiger partial charge on any atom is 0.222 e. The zero-order valence-electron chi connectivity index (χ0n) is 12.4. The highest BCUT2D eigenvalue weighted by Gasteiger charge is 2.20. The van der Waals surface area contributed by atoms with Gasteiger partial charge in [0.05, 0.1) is 0 Å². The van der Waals surface area contributed by atoms with Crippen LogP contribution in [0, 0.1) is 5.41 Å². The summed E-state index contributed by atoms with van der Waals surface area (Å²) in [6.07, 6.45) is 1.30. The molecular weight excluding hydrogens is 340 g/mol. The first-order chi connectivity index (χ1) is 8.84. The van der Waals surface area contributed by atoms with Crippen LogP contribution in [0.3, 0.4) is 0 Å². The fourth-order valence-corrected chi connectivity index (χ4v) is 2.38. The molecule has 114 valence electrons. The molecule has 5 heteroatoms. The van der Waals surface area contributed by atoms with Crippen LogP contribution in [-0.2, 0) is 11.2 Å². The average molecular weight is 364 g/mol. The fourth-order valence-electron chi connectivity index (χ4n) is 1.93. The molecule has 0 unspecified atom stereocenters. The third-order valence-corrected chi connectivity index (χ3v) is 3.65. The van der Waals surface area contributed by atoms with Crippen LogP contribution >= 0.6 is 28.3 Å². The summed E-state index contributed by atoms with van der Waals surface area (Å²) in [5.74, 6) is 0.168. The lowest BCUT2D eigenvalue weighted by Gasteiger charge is -2.29. The molecule has 0 aliphatic carbocycles. The lowest BCUT2D eigenvalue weighted by atomic mass is 9.93. The van der Waals surface area contributed by atoms with Crippen LogP contribution in [0.4, 0.5) is 0 Å². The van der Waals surface area contributed by atoms with Gasteiger partial charge < -0.3 is 10.6 Å². The van der Waals surface area contributed by atoms with Crippen molar-refractivity contribution in [2.24, 2.45) is 11.1 Å². The van der Waals surface area contributed by atoms with Gasteiger partial charge in [-0.2, -0.15) is 0 Å². The number of benzene rings is 1.